The van der Waals surface area contributed by atoms with Gasteiger partial charge in [-0.15, -0.1) is 10.2 Å². The van der Waals surface area contributed by atoms with Gasteiger partial charge >= 0.3 is 0 Å². The summed E-state index contributed by atoms with van der Waals surface area (Å²) in [6.45, 7) is 1.62. The van der Waals surface area contributed by atoms with E-state index < -0.39 is 6.10 Å². The molecule has 1 aromatic heterocycles. The van der Waals surface area contributed by atoms with Crippen molar-refractivity contribution >= 4 is 45.6 Å². The fourth-order valence-electron chi connectivity index (χ4n) is 1.99. The summed E-state index contributed by atoms with van der Waals surface area (Å²) >= 11 is 13.2. The summed E-state index contributed by atoms with van der Waals surface area (Å²) in [6.07, 6.45) is -0.761. The maximum absolute atomic E-state index is 12.3. The molecule has 1 N–H and O–H groups in total. The predicted molar refractivity (Wildman–Crippen MR) is 101 cm³/mol. The number of hydrogen-bond donors (Lipinski definition) is 1. The highest BCUT2D eigenvalue weighted by atomic mass is 35.5. The van der Waals surface area contributed by atoms with Crippen LogP contribution >= 0.6 is 34.5 Å². The molecule has 0 saturated carbocycles. The largest absolute Gasteiger partial charge is 0.479 e. The predicted octanol–water partition coefficient (Wildman–Crippen LogP) is 4.92. The standard InChI is InChI=1S/C17H13Cl2N3O2S/c1-10(24-14-8-7-12(18)9-13(14)19)15(23)20-17-22-21-16(25-17)11-5-3-2-4-6-11/h2-10H,1H3,(H,20,22,23). The third-order valence-corrected chi connectivity index (χ3v) is 4.66. The van der Waals surface area contributed by atoms with Crippen LogP contribution in [0.1, 0.15) is 6.92 Å². The van der Waals surface area contributed by atoms with E-state index in [0.717, 1.165) is 10.6 Å². The third-order valence-electron chi connectivity index (χ3n) is 3.24. The van der Waals surface area contributed by atoms with Crippen LogP contribution < -0.4 is 10.1 Å². The van der Waals surface area contributed by atoms with E-state index in [1.54, 1.807) is 25.1 Å². The molecule has 8 heteroatoms. The summed E-state index contributed by atoms with van der Waals surface area (Å²) in [5.74, 6) is 0.0396. The molecule has 1 heterocycles. The van der Waals surface area contributed by atoms with Gasteiger partial charge in [-0.1, -0.05) is 64.9 Å². The van der Waals surface area contributed by atoms with Gasteiger partial charge in [-0.3, -0.25) is 10.1 Å². The number of benzene rings is 2. The Morgan fingerprint density at radius 1 is 1.16 bits per heavy atom. The number of aromatic nitrogens is 2. The van der Waals surface area contributed by atoms with Gasteiger partial charge in [0.1, 0.15) is 10.8 Å². The number of carbonyl (C=O) groups excluding carboxylic acids is 1. The molecule has 0 aliphatic carbocycles. The summed E-state index contributed by atoms with van der Waals surface area (Å²) in [4.78, 5) is 12.3. The number of nitrogens with zero attached hydrogens (tertiary/aromatic N) is 2. The minimum atomic E-state index is -0.761. The second-order valence-electron chi connectivity index (χ2n) is 5.10. The lowest BCUT2D eigenvalue weighted by molar-refractivity contribution is -0.122. The number of halogens is 2. The molecule has 1 amide bonds. The van der Waals surface area contributed by atoms with Gasteiger partial charge in [0.15, 0.2) is 6.10 Å². The monoisotopic (exact) mass is 393 g/mol. The fraction of sp³-hybridized carbons (Fsp3) is 0.118. The van der Waals surface area contributed by atoms with Crippen LogP contribution in [0.15, 0.2) is 48.5 Å². The zero-order chi connectivity index (χ0) is 17.8. The molecule has 128 valence electrons. The fourth-order valence-corrected chi connectivity index (χ4v) is 3.20. The zero-order valence-corrected chi connectivity index (χ0v) is 15.4. The van der Waals surface area contributed by atoms with Crippen molar-refractivity contribution in [3.63, 3.8) is 0 Å². The number of hydrogen-bond acceptors (Lipinski definition) is 5. The topological polar surface area (TPSA) is 64.1 Å². The van der Waals surface area contributed by atoms with Crippen molar-refractivity contribution in [3.05, 3.63) is 58.6 Å². The second kappa shape index (κ2) is 7.82. The molecule has 2 aromatic carbocycles. The summed E-state index contributed by atoms with van der Waals surface area (Å²) in [5.41, 5.74) is 0.942. The second-order valence-corrected chi connectivity index (χ2v) is 6.92. The van der Waals surface area contributed by atoms with Crippen LogP contribution in [0.3, 0.4) is 0 Å². The van der Waals surface area contributed by atoms with E-state index in [-0.39, 0.29) is 5.91 Å². The van der Waals surface area contributed by atoms with E-state index >= 15 is 0 Å². The Bertz CT molecular complexity index is 887. The van der Waals surface area contributed by atoms with Gasteiger partial charge in [0.25, 0.3) is 5.91 Å². The van der Waals surface area contributed by atoms with Crippen molar-refractivity contribution in [3.8, 4) is 16.3 Å². The van der Waals surface area contributed by atoms with Gasteiger partial charge in [0.05, 0.1) is 5.02 Å². The number of anilines is 1. The molecule has 5 nitrogen and oxygen atoms in total. The average molecular weight is 394 g/mol. The molecule has 1 unspecified atom stereocenters. The number of ether oxygens (including phenoxy) is 1. The Morgan fingerprint density at radius 2 is 1.92 bits per heavy atom. The molecule has 3 rings (SSSR count). The molecule has 3 aromatic rings. The summed E-state index contributed by atoms with van der Waals surface area (Å²) in [6, 6.07) is 14.4. The number of nitrogens with one attached hydrogen (secondary N) is 1. The number of carbonyl (C=O) groups is 1. The minimum absolute atomic E-state index is 0.342. The summed E-state index contributed by atoms with van der Waals surface area (Å²) in [7, 11) is 0. The Morgan fingerprint density at radius 3 is 2.64 bits per heavy atom. The normalized spacial score (nSPS) is 11.8. The number of rotatable bonds is 5. The van der Waals surface area contributed by atoms with E-state index in [1.807, 2.05) is 30.3 Å². The summed E-state index contributed by atoms with van der Waals surface area (Å²) < 4.78 is 5.58. The first-order valence-corrected chi connectivity index (χ1v) is 8.91. The molecular weight excluding hydrogens is 381 g/mol. The number of amides is 1. The maximum atomic E-state index is 12.3. The van der Waals surface area contributed by atoms with E-state index in [2.05, 4.69) is 15.5 Å². The Hall–Kier alpha value is -2.15. The average Bonchev–Trinajstić information content (AvgIpc) is 3.06. The summed E-state index contributed by atoms with van der Waals surface area (Å²) in [5, 5.41) is 12.7. The van der Waals surface area contributed by atoms with Crippen molar-refractivity contribution < 1.29 is 9.53 Å². The van der Waals surface area contributed by atoms with Crippen LogP contribution in [0.2, 0.25) is 10.0 Å². The lowest BCUT2D eigenvalue weighted by Gasteiger charge is -2.14. The van der Waals surface area contributed by atoms with Crippen molar-refractivity contribution in [2.45, 2.75) is 13.0 Å². The molecule has 1 atom stereocenters. The van der Waals surface area contributed by atoms with Crippen LogP contribution in [-0.2, 0) is 4.79 Å². The van der Waals surface area contributed by atoms with E-state index in [1.165, 1.54) is 11.3 Å². The molecule has 25 heavy (non-hydrogen) atoms. The van der Waals surface area contributed by atoms with Gasteiger partial charge < -0.3 is 4.74 Å². The Balaban J connectivity index is 1.65. The van der Waals surface area contributed by atoms with Gasteiger partial charge in [0, 0.05) is 10.6 Å². The van der Waals surface area contributed by atoms with E-state index in [9.17, 15) is 4.79 Å². The molecule has 0 fully saturated rings. The molecule has 0 saturated heterocycles. The lowest BCUT2D eigenvalue weighted by Crippen LogP contribution is -2.30. The Kier molecular flexibility index (Phi) is 5.53. The minimum Gasteiger partial charge on any atom is -0.479 e. The van der Waals surface area contributed by atoms with Gasteiger partial charge in [-0.25, -0.2) is 0 Å². The quantitative estimate of drug-likeness (QED) is 0.667. The molecule has 0 spiro atoms. The SMILES string of the molecule is CC(Oc1ccc(Cl)cc1Cl)C(=O)Nc1nnc(-c2ccccc2)s1. The smallest absolute Gasteiger partial charge is 0.266 e. The first-order chi connectivity index (χ1) is 12.0. The van der Waals surface area contributed by atoms with Crippen LogP contribution in [-0.4, -0.2) is 22.2 Å². The van der Waals surface area contributed by atoms with Crippen LogP contribution in [0.25, 0.3) is 10.6 Å². The van der Waals surface area contributed by atoms with Gasteiger partial charge in [-0.2, -0.15) is 0 Å². The maximum Gasteiger partial charge on any atom is 0.266 e. The molecule has 0 bridgehead atoms. The molecule has 0 radical (unpaired) electrons. The van der Waals surface area contributed by atoms with Crippen molar-refractivity contribution in [1.82, 2.24) is 10.2 Å². The zero-order valence-electron chi connectivity index (χ0n) is 13.1. The van der Waals surface area contributed by atoms with Crippen molar-refractivity contribution in [1.29, 1.82) is 0 Å². The van der Waals surface area contributed by atoms with Crippen LogP contribution in [0, 0.1) is 0 Å². The van der Waals surface area contributed by atoms with Gasteiger partial charge in [0.2, 0.25) is 5.13 Å². The molecule has 0 aliphatic rings. The highest BCUT2D eigenvalue weighted by Crippen LogP contribution is 2.29. The van der Waals surface area contributed by atoms with E-state index in [0.29, 0.717) is 20.9 Å². The molecule has 0 aliphatic heterocycles. The first kappa shape index (κ1) is 17.7. The highest BCUT2D eigenvalue weighted by Gasteiger charge is 2.18. The Labute approximate surface area is 158 Å². The van der Waals surface area contributed by atoms with Crippen molar-refractivity contribution in [2.24, 2.45) is 0 Å². The van der Waals surface area contributed by atoms with Crippen LogP contribution in [0.4, 0.5) is 5.13 Å². The highest BCUT2D eigenvalue weighted by molar-refractivity contribution is 7.18. The van der Waals surface area contributed by atoms with Gasteiger partial charge in [-0.05, 0) is 25.1 Å². The molecular formula is C17H13Cl2N3O2S. The van der Waals surface area contributed by atoms with Crippen molar-refractivity contribution in [2.75, 3.05) is 5.32 Å². The lowest BCUT2D eigenvalue weighted by atomic mass is 10.2. The van der Waals surface area contributed by atoms with E-state index in [4.69, 9.17) is 27.9 Å². The first-order valence-electron chi connectivity index (χ1n) is 7.34. The van der Waals surface area contributed by atoms with Crippen LogP contribution in [0.5, 0.6) is 5.75 Å². The third kappa shape index (κ3) is 4.48.